The van der Waals surface area contributed by atoms with Crippen molar-refractivity contribution in [2.24, 2.45) is 10.8 Å². The number of rotatable bonds is 16. The molecule has 0 aliphatic carbocycles. The zero-order chi connectivity index (χ0) is 24.7. The Bertz CT molecular complexity index is 668. The van der Waals surface area contributed by atoms with Gasteiger partial charge in [-0.1, -0.05) is 27.7 Å². The second-order valence-electron chi connectivity index (χ2n) is 11.5. The lowest BCUT2D eigenvalue weighted by atomic mass is 9.88. The molecule has 0 aliphatic heterocycles. The standard InChI is InChI=1S/C23H47NO6S/c1-19(25)14-20(2,3)16-29-17-21(4,5)15-24(10)31(26,27)18-23(8,9)30-13-12-22(6,7)28-11/h12-18H2,1-11H3. The molecule has 0 atom stereocenters. The van der Waals surface area contributed by atoms with Crippen LogP contribution < -0.4 is 0 Å². The summed E-state index contributed by atoms with van der Waals surface area (Å²) >= 11 is 0. The van der Waals surface area contributed by atoms with E-state index < -0.39 is 15.6 Å². The van der Waals surface area contributed by atoms with E-state index in [0.717, 1.165) is 0 Å². The maximum Gasteiger partial charge on any atom is 0.216 e. The molecule has 0 radical (unpaired) electrons. The van der Waals surface area contributed by atoms with Crippen LogP contribution in [0.4, 0.5) is 0 Å². The Morgan fingerprint density at radius 1 is 0.903 bits per heavy atom. The number of nitrogens with zero attached hydrogens (tertiary/aromatic N) is 1. The lowest BCUT2D eigenvalue weighted by Gasteiger charge is -2.34. The molecule has 0 fully saturated rings. The summed E-state index contributed by atoms with van der Waals surface area (Å²) in [6.45, 7) is 18.7. The van der Waals surface area contributed by atoms with Crippen LogP contribution in [0.3, 0.4) is 0 Å². The van der Waals surface area contributed by atoms with Crippen molar-refractivity contribution in [3.63, 3.8) is 0 Å². The molecule has 31 heavy (non-hydrogen) atoms. The fourth-order valence-corrected chi connectivity index (χ4v) is 5.07. The summed E-state index contributed by atoms with van der Waals surface area (Å²) in [5, 5.41) is 0. The molecule has 0 aliphatic rings. The predicted molar refractivity (Wildman–Crippen MR) is 126 cm³/mol. The van der Waals surface area contributed by atoms with E-state index >= 15 is 0 Å². The number of hydrogen-bond donors (Lipinski definition) is 0. The Kier molecular flexibility index (Phi) is 11.3. The summed E-state index contributed by atoms with van der Waals surface area (Å²) in [6, 6.07) is 0. The van der Waals surface area contributed by atoms with Crippen molar-refractivity contribution in [2.75, 3.05) is 46.3 Å². The number of ether oxygens (including phenoxy) is 3. The SMILES string of the molecule is COC(C)(C)CCOC(C)(C)CS(=O)(=O)N(C)CC(C)(C)COCC(C)(C)CC(C)=O. The Balaban J connectivity index is 4.77. The minimum Gasteiger partial charge on any atom is -0.380 e. The van der Waals surface area contributed by atoms with Gasteiger partial charge in [0, 0.05) is 32.5 Å². The Morgan fingerprint density at radius 3 is 1.90 bits per heavy atom. The average molecular weight is 466 g/mol. The first-order chi connectivity index (χ1) is 13.7. The van der Waals surface area contributed by atoms with Gasteiger partial charge in [0.05, 0.1) is 36.8 Å². The molecule has 0 heterocycles. The first-order valence-electron chi connectivity index (χ1n) is 10.9. The fraction of sp³-hybridized carbons (Fsp3) is 0.957. The summed E-state index contributed by atoms with van der Waals surface area (Å²) in [5.74, 6) is 0.0289. The maximum absolute atomic E-state index is 12.9. The highest BCUT2D eigenvalue weighted by Crippen LogP contribution is 2.25. The molecule has 7 nitrogen and oxygen atoms in total. The van der Waals surface area contributed by atoms with Crippen LogP contribution in [0.25, 0.3) is 0 Å². The second kappa shape index (κ2) is 11.5. The lowest BCUT2D eigenvalue weighted by molar-refractivity contribution is -0.120. The van der Waals surface area contributed by atoms with Gasteiger partial charge in [-0.05, 0) is 46.5 Å². The van der Waals surface area contributed by atoms with Crippen molar-refractivity contribution in [1.82, 2.24) is 4.31 Å². The largest absolute Gasteiger partial charge is 0.380 e. The van der Waals surface area contributed by atoms with Gasteiger partial charge >= 0.3 is 0 Å². The van der Waals surface area contributed by atoms with Crippen molar-refractivity contribution in [1.29, 1.82) is 0 Å². The average Bonchev–Trinajstić information content (AvgIpc) is 2.50. The fourth-order valence-electron chi connectivity index (χ4n) is 3.34. The van der Waals surface area contributed by atoms with E-state index in [1.54, 1.807) is 34.9 Å². The van der Waals surface area contributed by atoms with Gasteiger partial charge in [0.1, 0.15) is 5.78 Å². The van der Waals surface area contributed by atoms with E-state index in [2.05, 4.69) is 0 Å². The van der Waals surface area contributed by atoms with Gasteiger partial charge in [-0.15, -0.1) is 0 Å². The third-order valence-corrected chi connectivity index (χ3v) is 7.26. The second-order valence-corrected chi connectivity index (χ2v) is 13.6. The van der Waals surface area contributed by atoms with Gasteiger partial charge < -0.3 is 19.0 Å². The third kappa shape index (κ3) is 13.6. The molecule has 0 spiro atoms. The molecule has 8 heteroatoms. The predicted octanol–water partition coefficient (Wildman–Crippen LogP) is 3.91. The number of methoxy groups -OCH3 is 1. The van der Waals surface area contributed by atoms with Gasteiger partial charge in [-0.25, -0.2) is 12.7 Å². The van der Waals surface area contributed by atoms with Crippen molar-refractivity contribution in [2.45, 2.75) is 86.4 Å². The summed E-state index contributed by atoms with van der Waals surface area (Å²) in [5.41, 5.74) is -1.73. The number of sulfonamides is 1. The highest BCUT2D eigenvalue weighted by Gasteiger charge is 2.34. The number of carbonyl (C=O) groups excluding carboxylic acids is 1. The Morgan fingerprint density at radius 2 is 1.42 bits per heavy atom. The van der Waals surface area contributed by atoms with Crippen molar-refractivity contribution >= 4 is 15.8 Å². The Hall–Kier alpha value is -0.540. The number of ketones is 1. The summed E-state index contributed by atoms with van der Waals surface area (Å²) in [4.78, 5) is 11.4. The molecule has 0 saturated carbocycles. The van der Waals surface area contributed by atoms with Gasteiger partial charge in [0.15, 0.2) is 0 Å². The van der Waals surface area contributed by atoms with Crippen LogP contribution in [-0.4, -0.2) is 76.0 Å². The summed E-state index contributed by atoms with van der Waals surface area (Å²) in [7, 11) is -0.264. The van der Waals surface area contributed by atoms with E-state index in [4.69, 9.17) is 14.2 Å². The molecular weight excluding hydrogens is 418 g/mol. The van der Waals surface area contributed by atoms with Crippen LogP contribution in [0.1, 0.15) is 75.2 Å². The molecule has 0 aromatic carbocycles. The van der Waals surface area contributed by atoms with E-state index in [0.29, 0.717) is 39.2 Å². The topological polar surface area (TPSA) is 82.1 Å². The van der Waals surface area contributed by atoms with Crippen LogP contribution >= 0.6 is 0 Å². The van der Waals surface area contributed by atoms with Gasteiger partial charge in [0.25, 0.3) is 0 Å². The normalized spacial score (nSPS) is 14.3. The van der Waals surface area contributed by atoms with Gasteiger partial charge in [-0.3, -0.25) is 0 Å². The van der Waals surface area contributed by atoms with Crippen LogP contribution in [0, 0.1) is 10.8 Å². The van der Waals surface area contributed by atoms with Gasteiger partial charge in [0.2, 0.25) is 10.0 Å². The van der Waals surface area contributed by atoms with E-state index in [1.807, 2.05) is 41.5 Å². The van der Waals surface area contributed by atoms with Crippen molar-refractivity contribution < 1.29 is 27.4 Å². The number of hydrogen-bond acceptors (Lipinski definition) is 6. The quantitative estimate of drug-likeness (QED) is 0.344. The van der Waals surface area contributed by atoms with Crippen LogP contribution in [0.5, 0.6) is 0 Å². The lowest BCUT2D eigenvalue weighted by Crippen LogP contribution is -2.45. The van der Waals surface area contributed by atoms with Gasteiger partial charge in [-0.2, -0.15) is 0 Å². The number of carbonyl (C=O) groups is 1. The van der Waals surface area contributed by atoms with Crippen LogP contribution in [0.15, 0.2) is 0 Å². The molecule has 0 rings (SSSR count). The summed E-state index contributed by atoms with van der Waals surface area (Å²) < 4.78 is 44.4. The maximum atomic E-state index is 12.9. The van der Waals surface area contributed by atoms with Crippen LogP contribution in [0.2, 0.25) is 0 Å². The first-order valence-corrected chi connectivity index (χ1v) is 12.5. The zero-order valence-corrected chi connectivity index (χ0v) is 22.6. The molecule has 186 valence electrons. The smallest absolute Gasteiger partial charge is 0.216 e. The zero-order valence-electron chi connectivity index (χ0n) is 21.8. The molecular formula is C23H47NO6S. The molecule has 0 unspecified atom stereocenters. The van der Waals surface area contributed by atoms with Crippen LogP contribution in [-0.2, 0) is 29.0 Å². The molecule has 0 N–H and O–H groups in total. The first kappa shape index (κ1) is 30.5. The van der Waals surface area contributed by atoms with E-state index in [9.17, 15) is 13.2 Å². The highest BCUT2D eigenvalue weighted by atomic mass is 32.2. The molecule has 0 aromatic rings. The highest BCUT2D eigenvalue weighted by molar-refractivity contribution is 7.89. The Labute approximate surface area is 191 Å². The minimum atomic E-state index is -3.52. The van der Waals surface area contributed by atoms with Crippen molar-refractivity contribution in [3.05, 3.63) is 0 Å². The van der Waals surface area contributed by atoms with E-state index in [-0.39, 0.29) is 28.0 Å². The molecule has 0 saturated heterocycles. The van der Waals surface area contributed by atoms with E-state index in [1.165, 1.54) is 4.31 Å². The molecule has 0 aromatic heterocycles. The monoisotopic (exact) mass is 465 g/mol. The molecule has 0 bridgehead atoms. The number of Topliss-reactive ketones (excluding diaryl/α,β-unsaturated/α-hetero) is 1. The third-order valence-electron chi connectivity index (χ3n) is 5.12. The van der Waals surface area contributed by atoms with Crippen molar-refractivity contribution in [3.8, 4) is 0 Å². The molecule has 0 amide bonds. The summed E-state index contributed by atoms with van der Waals surface area (Å²) in [6.07, 6.45) is 1.13. The minimum absolute atomic E-state index is 0.105.